The molecule has 14 heavy (non-hydrogen) atoms. The molecule has 0 atom stereocenters. The van der Waals surface area contributed by atoms with E-state index in [1.807, 2.05) is 0 Å². The summed E-state index contributed by atoms with van der Waals surface area (Å²) in [4.78, 5) is 31.5. The molecule has 0 heterocycles. The molecule has 0 radical (unpaired) electrons. The van der Waals surface area contributed by atoms with Gasteiger partial charge in [0.05, 0.1) is 6.61 Å². The van der Waals surface area contributed by atoms with Crippen molar-refractivity contribution in [1.82, 2.24) is 5.32 Å². The summed E-state index contributed by atoms with van der Waals surface area (Å²) in [5, 5.41) is 9.98. The summed E-state index contributed by atoms with van der Waals surface area (Å²) in [5.41, 5.74) is 4.63. The van der Waals surface area contributed by atoms with E-state index in [4.69, 9.17) is 5.11 Å². The largest absolute Gasteiger partial charge is 0.460 e. The van der Waals surface area contributed by atoms with Crippen LogP contribution in [0.3, 0.4) is 0 Å². The van der Waals surface area contributed by atoms with Gasteiger partial charge in [-0.3, -0.25) is 10.1 Å². The lowest BCUT2D eigenvalue weighted by Crippen LogP contribution is -2.33. The number of rotatable bonds is 4. The first-order valence-corrected chi connectivity index (χ1v) is 3.62. The predicted octanol–water partition coefficient (Wildman–Crippen LogP) is -1.73. The van der Waals surface area contributed by atoms with Gasteiger partial charge < -0.3 is 15.6 Å². The Kier molecular flexibility index (Phi) is 5.72. The lowest BCUT2D eigenvalue weighted by atomic mass is 10.4. The van der Waals surface area contributed by atoms with Gasteiger partial charge in [0, 0.05) is 12.2 Å². The number of amides is 3. The molecule has 0 bridgehead atoms. The van der Waals surface area contributed by atoms with E-state index >= 15 is 0 Å². The molecule has 0 unspecified atom stereocenters. The minimum atomic E-state index is -1.01. The van der Waals surface area contributed by atoms with Gasteiger partial charge in [-0.05, 0) is 0 Å². The lowest BCUT2D eigenvalue weighted by Gasteiger charge is -1.96. The van der Waals surface area contributed by atoms with Crippen LogP contribution in [-0.2, 0) is 14.3 Å². The summed E-state index contributed by atoms with van der Waals surface area (Å²) in [6.45, 7) is -0.451. The van der Waals surface area contributed by atoms with Crippen LogP contribution in [0.25, 0.3) is 0 Å². The Labute approximate surface area is 79.5 Å². The average molecular weight is 202 g/mol. The van der Waals surface area contributed by atoms with Crippen molar-refractivity contribution in [2.75, 3.05) is 13.2 Å². The zero-order chi connectivity index (χ0) is 11.0. The van der Waals surface area contributed by atoms with Crippen molar-refractivity contribution in [3.63, 3.8) is 0 Å². The summed E-state index contributed by atoms with van der Waals surface area (Å²) >= 11 is 0. The number of hydrogen-bond donors (Lipinski definition) is 3. The molecule has 78 valence electrons. The Hall–Kier alpha value is -1.89. The van der Waals surface area contributed by atoms with E-state index in [0.29, 0.717) is 0 Å². The molecule has 0 aliphatic heterocycles. The molecule has 4 N–H and O–H groups in total. The maximum absolute atomic E-state index is 10.7. The van der Waals surface area contributed by atoms with Crippen LogP contribution in [0.15, 0.2) is 12.2 Å². The highest BCUT2D eigenvalue weighted by Crippen LogP contribution is 1.81. The van der Waals surface area contributed by atoms with E-state index in [2.05, 4.69) is 10.5 Å². The van der Waals surface area contributed by atoms with Gasteiger partial charge in [-0.2, -0.15) is 0 Å². The smallest absolute Gasteiger partial charge is 0.331 e. The molecule has 0 saturated carbocycles. The van der Waals surface area contributed by atoms with Gasteiger partial charge in [-0.15, -0.1) is 0 Å². The standard InChI is InChI=1S/C7H10N2O5/c8-7(13)9-5(11)1-2-6(12)14-4-3-10/h1-2,10H,3-4H2,(H3,8,9,11,13)/b2-1+. The third-order valence-corrected chi connectivity index (χ3v) is 0.953. The molecule has 0 saturated heterocycles. The second kappa shape index (κ2) is 6.61. The summed E-state index contributed by atoms with van der Waals surface area (Å²) in [6.07, 6.45) is 1.61. The number of urea groups is 1. The quantitative estimate of drug-likeness (QED) is 0.370. The van der Waals surface area contributed by atoms with Crippen molar-refractivity contribution in [2.45, 2.75) is 0 Å². The maximum Gasteiger partial charge on any atom is 0.331 e. The van der Waals surface area contributed by atoms with E-state index in [0.717, 1.165) is 12.2 Å². The molecule has 7 heteroatoms. The minimum Gasteiger partial charge on any atom is -0.460 e. The third-order valence-electron chi connectivity index (χ3n) is 0.953. The molecule has 0 fully saturated rings. The fourth-order valence-electron chi connectivity index (χ4n) is 0.501. The van der Waals surface area contributed by atoms with Crippen LogP contribution >= 0.6 is 0 Å². The molecule has 0 aliphatic carbocycles. The number of ether oxygens (including phenoxy) is 1. The van der Waals surface area contributed by atoms with Crippen LogP contribution in [0.2, 0.25) is 0 Å². The second-order valence-corrected chi connectivity index (χ2v) is 2.08. The second-order valence-electron chi connectivity index (χ2n) is 2.08. The van der Waals surface area contributed by atoms with Crippen LogP contribution in [-0.4, -0.2) is 36.2 Å². The fraction of sp³-hybridized carbons (Fsp3) is 0.286. The van der Waals surface area contributed by atoms with E-state index in [1.54, 1.807) is 5.32 Å². The first-order valence-electron chi connectivity index (χ1n) is 3.62. The van der Waals surface area contributed by atoms with Gasteiger partial charge in [0.25, 0.3) is 5.91 Å². The van der Waals surface area contributed by atoms with E-state index in [9.17, 15) is 14.4 Å². The Bertz CT molecular complexity index is 261. The Morgan fingerprint density at radius 2 is 2.00 bits per heavy atom. The number of carbonyl (C=O) groups excluding carboxylic acids is 3. The summed E-state index contributed by atoms with van der Waals surface area (Å²) in [7, 11) is 0. The molecular formula is C7H10N2O5. The van der Waals surface area contributed by atoms with Gasteiger partial charge in [0.2, 0.25) is 0 Å². The normalized spacial score (nSPS) is 9.79. The third kappa shape index (κ3) is 6.80. The summed E-state index contributed by atoms with van der Waals surface area (Å²) in [6, 6.07) is -1.01. The Balaban J connectivity index is 3.85. The van der Waals surface area contributed by atoms with Crippen molar-refractivity contribution < 1.29 is 24.2 Å². The van der Waals surface area contributed by atoms with Crippen molar-refractivity contribution in [3.8, 4) is 0 Å². The van der Waals surface area contributed by atoms with Gasteiger partial charge in [-0.1, -0.05) is 0 Å². The molecule has 0 aromatic carbocycles. The van der Waals surface area contributed by atoms with Crippen molar-refractivity contribution >= 4 is 17.9 Å². The van der Waals surface area contributed by atoms with Crippen LogP contribution in [0.1, 0.15) is 0 Å². The van der Waals surface area contributed by atoms with Crippen LogP contribution in [0.4, 0.5) is 4.79 Å². The topological polar surface area (TPSA) is 119 Å². The number of nitrogens with one attached hydrogen (secondary N) is 1. The summed E-state index contributed by atoms with van der Waals surface area (Å²) < 4.78 is 4.37. The first kappa shape index (κ1) is 12.1. The highest BCUT2D eigenvalue weighted by molar-refractivity contribution is 6.02. The fourth-order valence-corrected chi connectivity index (χ4v) is 0.501. The van der Waals surface area contributed by atoms with Gasteiger partial charge in [0.1, 0.15) is 6.61 Å². The number of hydrogen-bond acceptors (Lipinski definition) is 5. The molecular weight excluding hydrogens is 192 g/mol. The van der Waals surface area contributed by atoms with Gasteiger partial charge >= 0.3 is 12.0 Å². The van der Waals surface area contributed by atoms with Crippen LogP contribution < -0.4 is 11.1 Å². The van der Waals surface area contributed by atoms with Crippen molar-refractivity contribution in [2.24, 2.45) is 5.73 Å². The Morgan fingerprint density at radius 1 is 1.36 bits per heavy atom. The number of esters is 1. The molecule has 7 nitrogen and oxygen atoms in total. The lowest BCUT2D eigenvalue weighted by molar-refractivity contribution is -0.138. The molecule has 0 aliphatic rings. The maximum atomic E-state index is 10.7. The molecule has 3 amide bonds. The zero-order valence-electron chi connectivity index (χ0n) is 7.23. The van der Waals surface area contributed by atoms with E-state index in [-0.39, 0.29) is 13.2 Å². The Morgan fingerprint density at radius 3 is 2.50 bits per heavy atom. The molecule has 0 aromatic rings. The van der Waals surface area contributed by atoms with Crippen LogP contribution in [0.5, 0.6) is 0 Å². The molecule has 0 rings (SSSR count). The number of aliphatic hydroxyl groups excluding tert-OH is 1. The van der Waals surface area contributed by atoms with Crippen molar-refractivity contribution in [1.29, 1.82) is 0 Å². The van der Waals surface area contributed by atoms with Crippen LogP contribution in [0, 0.1) is 0 Å². The molecule has 0 aromatic heterocycles. The number of nitrogens with two attached hydrogens (primary N) is 1. The first-order chi connectivity index (χ1) is 6.56. The minimum absolute atomic E-state index is 0.152. The van der Waals surface area contributed by atoms with E-state index < -0.39 is 17.9 Å². The highest BCUT2D eigenvalue weighted by Gasteiger charge is 2.00. The highest BCUT2D eigenvalue weighted by atomic mass is 16.5. The SMILES string of the molecule is NC(=O)NC(=O)/C=C/C(=O)OCCO. The summed E-state index contributed by atoms with van der Waals surface area (Å²) in [5.74, 6) is -1.61. The number of carbonyl (C=O) groups is 3. The monoisotopic (exact) mass is 202 g/mol. The average Bonchev–Trinajstić information content (AvgIpc) is 2.10. The number of aliphatic hydroxyl groups is 1. The molecule has 0 spiro atoms. The van der Waals surface area contributed by atoms with Gasteiger partial charge in [0.15, 0.2) is 0 Å². The predicted molar refractivity (Wildman–Crippen MR) is 44.9 cm³/mol. The van der Waals surface area contributed by atoms with Gasteiger partial charge in [-0.25, -0.2) is 9.59 Å². The number of imide groups is 1. The van der Waals surface area contributed by atoms with Crippen molar-refractivity contribution in [3.05, 3.63) is 12.2 Å². The van der Waals surface area contributed by atoms with E-state index in [1.165, 1.54) is 0 Å². The number of primary amides is 1. The zero-order valence-corrected chi connectivity index (χ0v) is 7.23.